The molecule has 0 aliphatic heterocycles. The first kappa shape index (κ1) is 31.7. The number of rotatable bonds is 13. The fraction of sp³-hybridized carbons (Fsp3) is 0.394. The predicted molar refractivity (Wildman–Crippen MR) is 166 cm³/mol. The van der Waals surface area contributed by atoms with Crippen LogP contribution < -0.4 is 5.32 Å². The number of nitrogens with zero attached hydrogens (tertiary/aromatic N) is 2. The summed E-state index contributed by atoms with van der Waals surface area (Å²) >= 11 is 6.52. The standard InChI is InChI=1S/C33H40ClN3O4S/c1-36(42(40,41)29-19-9-4-10-20-29)23-13-22-32(38)37(25-27-16-11-12-21-30(27)34)31(24-26-14-5-2-6-15-26)33(39)35-28-17-7-3-8-18-28/h2,4-6,9-12,14-16,19-21,28,31H,3,7-8,13,17-18,22-25H2,1H3,(H,35,39). The van der Waals surface area contributed by atoms with Gasteiger partial charge in [-0.05, 0) is 48.6 Å². The molecular weight excluding hydrogens is 570 g/mol. The maximum Gasteiger partial charge on any atom is 0.243 e. The van der Waals surface area contributed by atoms with Gasteiger partial charge >= 0.3 is 0 Å². The average molecular weight is 610 g/mol. The maximum absolute atomic E-state index is 13.9. The highest BCUT2D eigenvalue weighted by Crippen LogP contribution is 2.23. The van der Waals surface area contributed by atoms with Crippen molar-refractivity contribution in [3.8, 4) is 0 Å². The molecule has 1 N–H and O–H groups in total. The van der Waals surface area contributed by atoms with Crippen molar-refractivity contribution in [1.29, 1.82) is 0 Å². The Balaban J connectivity index is 1.55. The second-order valence-corrected chi connectivity index (χ2v) is 13.4. The molecule has 0 bridgehead atoms. The van der Waals surface area contributed by atoms with Gasteiger partial charge in [-0.2, -0.15) is 0 Å². The molecule has 2 amide bonds. The minimum atomic E-state index is -3.67. The number of benzene rings is 3. The van der Waals surface area contributed by atoms with E-state index in [1.165, 1.54) is 17.8 Å². The van der Waals surface area contributed by atoms with E-state index in [0.717, 1.165) is 36.8 Å². The van der Waals surface area contributed by atoms with Crippen LogP contribution in [-0.2, 0) is 32.6 Å². The normalized spacial score (nSPS) is 14.8. The van der Waals surface area contributed by atoms with Crippen molar-refractivity contribution >= 4 is 33.4 Å². The molecule has 1 atom stereocenters. The predicted octanol–water partition coefficient (Wildman–Crippen LogP) is 5.83. The Morgan fingerprint density at radius 2 is 1.52 bits per heavy atom. The van der Waals surface area contributed by atoms with E-state index in [2.05, 4.69) is 5.32 Å². The molecular formula is C33H40ClN3O4S. The zero-order valence-corrected chi connectivity index (χ0v) is 25.7. The summed E-state index contributed by atoms with van der Waals surface area (Å²) in [6, 6.07) is 24.6. The number of hydrogen-bond donors (Lipinski definition) is 1. The Bertz CT molecular complexity index is 1410. The lowest BCUT2D eigenvalue weighted by Crippen LogP contribution is -2.53. The minimum absolute atomic E-state index is 0.0844. The second-order valence-electron chi connectivity index (χ2n) is 10.9. The van der Waals surface area contributed by atoms with Crippen LogP contribution in [0.1, 0.15) is 56.1 Å². The molecule has 0 heterocycles. The topological polar surface area (TPSA) is 86.8 Å². The third-order valence-electron chi connectivity index (χ3n) is 7.84. The summed E-state index contributed by atoms with van der Waals surface area (Å²) in [7, 11) is -2.15. The van der Waals surface area contributed by atoms with E-state index in [1.807, 2.05) is 48.5 Å². The number of hydrogen-bond acceptors (Lipinski definition) is 4. The van der Waals surface area contributed by atoms with Crippen molar-refractivity contribution in [3.05, 3.63) is 101 Å². The summed E-state index contributed by atoms with van der Waals surface area (Å²) in [5.74, 6) is -0.393. The van der Waals surface area contributed by atoms with E-state index in [-0.39, 0.29) is 42.3 Å². The Labute approximate surface area is 254 Å². The van der Waals surface area contributed by atoms with Crippen LogP contribution in [0.3, 0.4) is 0 Å². The van der Waals surface area contributed by atoms with Gasteiger partial charge in [0.05, 0.1) is 4.90 Å². The number of carbonyl (C=O) groups excluding carboxylic acids is 2. The van der Waals surface area contributed by atoms with Gasteiger partial charge in [0.15, 0.2) is 0 Å². The van der Waals surface area contributed by atoms with Gasteiger partial charge in [-0.15, -0.1) is 0 Å². The molecule has 9 heteroatoms. The lowest BCUT2D eigenvalue weighted by Gasteiger charge is -2.34. The molecule has 3 aromatic carbocycles. The van der Waals surface area contributed by atoms with Crippen LogP contribution in [0.15, 0.2) is 89.8 Å². The molecule has 7 nitrogen and oxygen atoms in total. The Hall–Kier alpha value is -3.20. The highest BCUT2D eigenvalue weighted by molar-refractivity contribution is 7.89. The number of carbonyl (C=O) groups is 2. The summed E-state index contributed by atoms with van der Waals surface area (Å²) < 4.78 is 27.2. The minimum Gasteiger partial charge on any atom is -0.352 e. The SMILES string of the molecule is CN(CCCC(=O)N(Cc1ccccc1Cl)C(Cc1ccccc1)C(=O)NC1CCCCC1)S(=O)(=O)c1ccccc1. The van der Waals surface area contributed by atoms with E-state index in [0.29, 0.717) is 17.9 Å². The summed E-state index contributed by atoms with van der Waals surface area (Å²) in [5, 5.41) is 3.76. The van der Waals surface area contributed by atoms with Crippen LogP contribution in [0.25, 0.3) is 0 Å². The Morgan fingerprint density at radius 1 is 0.905 bits per heavy atom. The summed E-state index contributed by atoms with van der Waals surface area (Å²) in [6.45, 7) is 0.340. The van der Waals surface area contributed by atoms with Crippen molar-refractivity contribution in [3.63, 3.8) is 0 Å². The monoisotopic (exact) mass is 609 g/mol. The first-order valence-electron chi connectivity index (χ1n) is 14.6. The molecule has 1 saturated carbocycles. The smallest absolute Gasteiger partial charge is 0.243 e. The van der Waals surface area contributed by atoms with Crippen LogP contribution in [0.4, 0.5) is 0 Å². The van der Waals surface area contributed by atoms with Gasteiger partial charge in [-0.1, -0.05) is 97.6 Å². The van der Waals surface area contributed by atoms with Crippen molar-refractivity contribution < 1.29 is 18.0 Å². The third kappa shape index (κ3) is 8.66. The molecule has 0 saturated heterocycles. The molecule has 0 spiro atoms. The van der Waals surface area contributed by atoms with Crippen molar-refractivity contribution in [2.75, 3.05) is 13.6 Å². The molecule has 1 aliphatic rings. The third-order valence-corrected chi connectivity index (χ3v) is 10.1. The fourth-order valence-corrected chi connectivity index (χ4v) is 6.82. The molecule has 0 aromatic heterocycles. The van der Waals surface area contributed by atoms with Gasteiger partial charge in [0, 0.05) is 44.0 Å². The Kier molecular flexibility index (Phi) is 11.6. The molecule has 4 rings (SSSR count). The van der Waals surface area contributed by atoms with Gasteiger partial charge < -0.3 is 10.2 Å². The number of nitrogens with one attached hydrogen (secondary N) is 1. The second kappa shape index (κ2) is 15.3. The highest BCUT2D eigenvalue weighted by Gasteiger charge is 2.32. The number of halogens is 1. The van der Waals surface area contributed by atoms with E-state index >= 15 is 0 Å². The average Bonchev–Trinajstić information content (AvgIpc) is 3.01. The van der Waals surface area contributed by atoms with E-state index in [4.69, 9.17) is 11.6 Å². The van der Waals surface area contributed by atoms with Crippen LogP contribution in [-0.4, -0.2) is 55.1 Å². The molecule has 1 unspecified atom stereocenters. The van der Waals surface area contributed by atoms with Gasteiger partial charge in [0.2, 0.25) is 21.8 Å². The zero-order valence-electron chi connectivity index (χ0n) is 24.1. The molecule has 42 heavy (non-hydrogen) atoms. The van der Waals surface area contributed by atoms with Crippen LogP contribution in [0.5, 0.6) is 0 Å². The molecule has 1 fully saturated rings. The summed E-state index contributed by atoms with van der Waals surface area (Å²) in [4.78, 5) is 29.6. The van der Waals surface area contributed by atoms with Gasteiger partial charge in [0.1, 0.15) is 6.04 Å². The van der Waals surface area contributed by atoms with E-state index < -0.39 is 16.1 Å². The van der Waals surface area contributed by atoms with Crippen molar-refractivity contribution in [1.82, 2.24) is 14.5 Å². The number of sulfonamides is 1. The molecule has 1 aliphatic carbocycles. The maximum atomic E-state index is 13.9. The van der Waals surface area contributed by atoms with Gasteiger partial charge in [-0.3, -0.25) is 9.59 Å². The van der Waals surface area contributed by atoms with Crippen LogP contribution in [0.2, 0.25) is 5.02 Å². The molecule has 3 aromatic rings. The van der Waals surface area contributed by atoms with Crippen molar-refractivity contribution in [2.24, 2.45) is 0 Å². The number of amides is 2. The van der Waals surface area contributed by atoms with Gasteiger partial charge in [-0.25, -0.2) is 12.7 Å². The first-order chi connectivity index (χ1) is 20.3. The lowest BCUT2D eigenvalue weighted by atomic mass is 9.94. The summed E-state index contributed by atoms with van der Waals surface area (Å²) in [6.07, 6.45) is 5.95. The van der Waals surface area contributed by atoms with Gasteiger partial charge in [0.25, 0.3) is 0 Å². The molecule has 224 valence electrons. The van der Waals surface area contributed by atoms with Crippen molar-refractivity contribution in [2.45, 2.75) is 74.9 Å². The largest absolute Gasteiger partial charge is 0.352 e. The van der Waals surface area contributed by atoms with Crippen LogP contribution in [0, 0.1) is 0 Å². The van der Waals surface area contributed by atoms with E-state index in [1.54, 1.807) is 41.3 Å². The summed E-state index contributed by atoms with van der Waals surface area (Å²) in [5.41, 5.74) is 1.70. The van der Waals surface area contributed by atoms with Crippen LogP contribution >= 0.6 is 11.6 Å². The highest BCUT2D eigenvalue weighted by atomic mass is 35.5. The Morgan fingerprint density at radius 3 is 2.19 bits per heavy atom. The lowest BCUT2D eigenvalue weighted by molar-refractivity contribution is -0.141. The fourth-order valence-electron chi connectivity index (χ4n) is 5.40. The zero-order chi connectivity index (χ0) is 30.0. The quantitative estimate of drug-likeness (QED) is 0.264. The van der Waals surface area contributed by atoms with E-state index in [9.17, 15) is 18.0 Å². The molecule has 0 radical (unpaired) electrons. The first-order valence-corrected chi connectivity index (χ1v) is 16.5.